The van der Waals surface area contributed by atoms with Gasteiger partial charge in [0.25, 0.3) is 0 Å². The summed E-state index contributed by atoms with van der Waals surface area (Å²) < 4.78 is 20.5. The molecule has 204 valence electrons. The second-order valence-corrected chi connectivity index (χ2v) is 11.4. The molecule has 5 heteroatoms. The molecule has 0 radical (unpaired) electrons. The molecule has 3 aromatic rings. The highest BCUT2D eigenvalue weighted by Gasteiger charge is 2.32. The van der Waals surface area contributed by atoms with Crippen LogP contribution in [0, 0.1) is 25.1 Å². The molecule has 0 bridgehead atoms. The SMILES string of the molecule is CCC(CC)(c1ccc(OCC(O)C(C)(C)C)c(C)c1)c1ccc(-c2ccc(CC(=O)O)c(F)c2)c(C)c1. The van der Waals surface area contributed by atoms with Crippen molar-refractivity contribution in [3.8, 4) is 16.9 Å². The van der Waals surface area contributed by atoms with Crippen molar-refractivity contribution in [1.29, 1.82) is 0 Å². The number of carbonyl (C=O) groups is 1. The number of aliphatic hydroxyl groups is 1. The van der Waals surface area contributed by atoms with E-state index < -0.39 is 17.9 Å². The largest absolute Gasteiger partial charge is 0.491 e. The van der Waals surface area contributed by atoms with Gasteiger partial charge >= 0.3 is 5.97 Å². The highest BCUT2D eigenvalue weighted by atomic mass is 19.1. The monoisotopic (exact) mass is 520 g/mol. The number of carboxylic acid groups (broad SMARTS) is 1. The molecular weight excluding hydrogens is 479 g/mol. The van der Waals surface area contributed by atoms with Crippen LogP contribution in [0.15, 0.2) is 54.6 Å². The summed E-state index contributed by atoms with van der Waals surface area (Å²) in [6.07, 6.45) is 0.919. The predicted molar refractivity (Wildman–Crippen MR) is 151 cm³/mol. The molecule has 3 rings (SSSR count). The van der Waals surface area contributed by atoms with Gasteiger partial charge in [-0.25, -0.2) is 4.39 Å². The van der Waals surface area contributed by atoms with Gasteiger partial charge in [0.1, 0.15) is 18.2 Å². The Bertz CT molecular complexity index is 1280. The average molecular weight is 521 g/mol. The molecular formula is C33H41FO4. The fraction of sp³-hybridized carbons (Fsp3) is 0.424. The van der Waals surface area contributed by atoms with Crippen molar-refractivity contribution in [3.05, 3.63) is 88.2 Å². The van der Waals surface area contributed by atoms with Crippen LogP contribution in [0.5, 0.6) is 5.75 Å². The van der Waals surface area contributed by atoms with Gasteiger partial charge in [0.15, 0.2) is 0 Å². The second kappa shape index (κ2) is 11.7. The van der Waals surface area contributed by atoms with Crippen molar-refractivity contribution in [2.75, 3.05) is 6.61 Å². The molecule has 0 aliphatic carbocycles. The van der Waals surface area contributed by atoms with E-state index in [2.05, 4.69) is 38.1 Å². The van der Waals surface area contributed by atoms with Gasteiger partial charge in [0.2, 0.25) is 0 Å². The topological polar surface area (TPSA) is 66.8 Å². The summed E-state index contributed by atoms with van der Waals surface area (Å²) >= 11 is 0. The molecule has 2 N–H and O–H groups in total. The molecule has 0 aromatic heterocycles. The lowest BCUT2D eigenvalue weighted by atomic mass is 9.69. The first-order valence-electron chi connectivity index (χ1n) is 13.4. The van der Waals surface area contributed by atoms with Crippen LogP contribution in [0.1, 0.15) is 75.3 Å². The number of ether oxygens (including phenoxy) is 1. The lowest BCUT2D eigenvalue weighted by Crippen LogP contribution is -2.32. The molecule has 4 nitrogen and oxygen atoms in total. The van der Waals surface area contributed by atoms with Crippen LogP contribution in [0.4, 0.5) is 4.39 Å². The van der Waals surface area contributed by atoms with Crippen LogP contribution in [-0.2, 0) is 16.6 Å². The van der Waals surface area contributed by atoms with Gasteiger partial charge in [-0.3, -0.25) is 4.79 Å². The molecule has 1 unspecified atom stereocenters. The Kier molecular flexibility index (Phi) is 9.04. The Morgan fingerprint density at radius 2 is 1.53 bits per heavy atom. The van der Waals surface area contributed by atoms with Gasteiger partial charge in [-0.05, 0) is 83.2 Å². The third-order valence-electron chi connectivity index (χ3n) is 7.82. The van der Waals surface area contributed by atoms with E-state index in [1.807, 2.05) is 46.8 Å². The van der Waals surface area contributed by atoms with Gasteiger partial charge < -0.3 is 14.9 Å². The summed E-state index contributed by atoms with van der Waals surface area (Å²) in [4.78, 5) is 11.0. The fourth-order valence-corrected chi connectivity index (χ4v) is 5.07. The molecule has 0 aliphatic rings. The maximum atomic E-state index is 14.6. The molecule has 3 aromatic carbocycles. The van der Waals surface area contributed by atoms with Crippen molar-refractivity contribution < 1.29 is 24.1 Å². The lowest BCUT2D eigenvalue weighted by Gasteiger charge is -2.34. The number of rotatable bonds is 10. The zero-order valence-electron chi connectivity index (χ0n) is 23.7. The Hall–Kier alpha value is -3.18. The molecule has 1 atom stereocenters. The van der Waals surface area contributed by atoms with E-state index >= 15 is 0 Å². The van der Waals surface area contributed by atoms with E-state index in [4.69, 9.17) is 9.84 Å². The number of halogens is 1. The highest BCUT2D eigenvalue weighted by Crippen LogP contribution is 2.42. The first kappa shape index (κ1) is 29.4. The van der Waals surface area contributed by atoms with Crippen LogP contribution < -0.4 is 4.74 Å². The molecule has 0 amide bonds. The molecule has 0 aliphatic heterocycles. The molecule has 0 spiro atoms. The number of hydrogen-bond acceptors (Lipinski definition) is 3. The minimum absolute atomic E-state index is 0.183. The number of aliphatic carboxylic acids is 1. The predicted octanol–water partition coefficient (Wildman–Crippen LogP) is 7.63. The Morgan fingerprint density at radius 1 is 0.921 bits per heavy atom. The quantitative estimate of drug-likeness (QED) is 0.288. The Balaban J connectivity index is 1.93. The number of hydrogen-bond donors (Lipinski definition) is 2. The first-order valence-corrected chi connectivity index (χ1v) is 13.4. The zero-order valence-corrected chi connectivity index (χ0v) is 23.7. The maximum absolute atomic E-state index is 14.6. The molecule has 0 saturated carbocycles. The molecule has 0 saturated heterocycles. The van der Waals surface area contributed by atoms with Crippen LogP contribution in [0.25, 0.3) is 11.1 Å². The van der Waals surface area contributed by atoms with E-state index in [9.17, 15) is 14.3 Å². The Labute approximate surface area is 226 Å². The summed E-state index contributed by atoms with van der Waals surface area (Å²) in [6.45, 7) is 14.7. The lowest BCUT2D eigenvalue weighted by molar-refractivity contribution is -0.136. The second-order valence-electron chi connectivity index (χ2n) is 11.4. The van der Waals surface area contributed by atoms with Crippen molar-refractivity contribution in [3.63, 3.8) is 0 Å². The van der Waals surface area contributed by atoms with E-state index in [0.717, 1.165) is 40.8 Å². The minimum atomic E-state index is -1.05. The third-order valence-corrected chi connectivity index (χ3v) is 7.82. The van der Waals surface area contributed by atoms with Crippen LogP contribution >= 0.6 is 0 Å². The smallest absolute Gasteiger partial charge is 0.307 e. The maximum Gasteiger partial charge on any atom is 0.307 e. The summed E-state index contributed by atoms with van der Waals surface area (Å²) in [7, 11) is 0. The number of aryl methyl sites for hydroxylation is 2. The Morgan fingerprint density at radius 3 is 2.03 bits per heavy atom. The normalized spacial score (nSPS) is 12.9. The molecule has 0 heterocycles. The van der Waals surface area contributed by atoms with E-state index in [-0.39, 0.29) is 29.4 Å². The van der Waals surface area contributed by atoms with Crippen molar-refractivity contribution in [1.82, 2.24) is 0 Å². The van der Waals surface area contributed by atoms with Crippen molar-refractivity contribution in [2.45, 2.75) is 79.2 Å². The zero-order chi connectivity index (χ0) is 28.3. The van der Waals surface area contributed by atoms with Gasteiger partial charge in [-0.1, -0.05) is 77.1 Å². The number of aliphatic hydroxyl groups excluding tert-OH is 1. The number of benzene rings is 3. The summed E-state index contributed by atoms with van der Waals surface area (Å²) in [6, 6.07) is 17.4. The number of carboxylic acids is 1. The van der Waals surface area contributed by atoms with Gasteiger partial charge in [-0.15, -0.1) is 0 Å². The first-order chi connectivity index (χ1) is 17.8. The fourth-order valence-electron chi connectivity index (χ4n) is 5.07. The highest BCUT2D eigenvalue weighted by molar-refractivity contribution is 5.72. The van der Waals surface area contributed by atoms with Gasteiger partial charge in [0, 0.05) is 5.41 Å². The average Bonchev–Trinajstić information content (AvgIpc) is 2.85. The molecule has 38 heavy (non-hydrogen) atoms. The third kappa shape index (κ3) is 6.27. The van der Waals surface area contributed by atoms with Gasteiger partial charge in [0.05, 0.1) is 12.5 Å². The van der Waals surface area contributed by atoms with Crippen molar-refractivity contribution >= 4 is 5.97 Å². The van der Waals surface area contributed by atoms with Gasteiger partial charge in [-0.2, -0.15) is 0 Å². The minimum Gasteiger partial charge on any atom is -0.491 e. The van der Waals surface area contributed by atoms with E-state index in [1.54, 1.807) is 12.1 Å². The van der Waals surface area contributed by atoms with Crippen LogP contribution in [-0.4, -0.2) is 28.9 Å². The van der Waals surface area contributed by atoms with E-state index in [1.165, 1.54) is 17.2 Å². The molecule has 0 fully saturated rings. The summed E-state index contributed by atoms with van der Waals surface area (Å²) in [5.74, 6) is -0.777. The summed E-state index contributed by atoms with van der Waals surface area (Å²) in [5, 5.41) is 19.4. The van der Waals surface area contributed by atoms with E-state index in [0.29, 0.717) is 0 Å². The van der Waals surface area contributed by atoms with Crippen LogP contribution in [0.2, 0.25) is 0 Å². The van der Waals surface area contributed by atoms with Crippen LogP contribution in [0.3, 0.4) is 0 Å². The summed E-state index contributed by atoms with van der Waals surface area (Å²) in [5.41, 5.74) is 5.86. The standard InChI is InChI=1S/C33H41FO4/c1-8-33(9-2,26-13-15-29(22(4)17-26)38-20-30(35)32(5,6)7)25-12-14-27(21(3)16-25)23-10-11-24(19-31(36)37)28(34)18-23/h10-18,30,35H,8-9,19-20H2,1-7H3,(H,36,37). The van der Waals surface area contributed by atoms with Crippen molar-refractivity contribution in [2.24, 2.45) is 5.41 Å².